The van der Waals surface area contributed by atoms with Gasteiger partial charge in [0.2, 0.25) is 5.75 Å². The van der Waals surface area contributed by atoms with E-state index in [0.29, 0.717) is 22.9 Å². The van der Waals surface area contributed by atoms with Crippen LogP contribution >= 0.6 is 0 Å². The van der Waals surface area contributed by atoms with Gasteiger partial charge in [0.15, 0.2) is 18.1 Å². The molecular formula is C20H23NO8. The molecule has 2 rings (SSSR count). The molecule has 0 aromatic heterocycles. The van der Waals surface area contributed by atoms with Crippen molar-refractivity contribution in [1.29, 1.82) is 0 Å². The fraction of sp³-hybridized carbons (Fsp3) is 0.300. The summed E-state index contributed by atoms with van der Waals surface area (Å²) in [4.78, 5) is 24.6. The molecule has 0 fully saturated rings. The van der Waals surface area contributed by atoms with Crippen LogP contribution in [0.25, 0.3) is 0 Å². The average molecular weight is 405 g/mol. The molecule has 0 aliphatic carbocycles. The number of esters is 1. The largest absolute Gasteiger partial charge is 0.497 e. The highest BCUT2D eigenvalue weighted by atomic mass is 16.5. The maximum Gasteiger partial charge on any atom is 0.342 e. The second-order valence-electron chi connectivity index (χ2n) is 5.61. The van der Waals surface area contributed by atoms with Gasteiger partial charge in [-0.2, -0.15) is 0 Å². The van der Waals surface area contributed by atoms with Gasteiger partial charge in [0.05, 0.1) is 35.5 Å². The van der Waals surface area contributed by atoms with E-state index >= 15 is 0 Å². The molecule has 1 N–H and O–H groups in total. The van der Waals surface area contributed by atoms with Crippen LogP contribution < -0.4 is 29.0 Å². The quantitative estimate of drug-likeness (QED) is 0.635. The van der Waals surface area contributed by atoms with Gasteiger partial charge < -0.3 is 33.7 Å². The van der Waals surface area contributed by atoms with Gasteiger partial charge in [-0.3, -0.25) is 4.79 Å². The number of amides is 1. The highest BCUT2D eigenvalue weighted by Crippen LogP contribution is 2.39. The second-order valence-corrected chi connectivity index (χ2v) is 5.61. The van der Waals surface area contributed by atoms with E-state index in [0.717, 1.165) is 0 Å². The summed E-state index contributed by atoms with van der Waals surface area (Å²) >= 11 is 0. The van der Waals surface area contributed by atoms with Crippen molar-refractivity contribution in [2.45, 2.75) is 0 Å². The van der Waals surface area contributed by atoms with E-state index < -0.39 is 18.5 Å². The van der Waals surface area contributed by atoms with Crippen molar-refractivity contribution in [3.05, 3.63) is 35.9 Å². The minimum atomic E-state index is -0.749. The number of hydrogen-bond donors (Lipinski definition) is 1. The molecule has 0 radical (unpaired) electrons. The third-order valence-corrected chi connectivity index (χ3v) is 3.89. The first kappa shape index (κ1) is 21.7. The monoisotopic (exact) mass is 405 g/mol. The van der Waals surface area contributed by atoms with Gasteiger partial charge in [-0.15, -0.1) is 0 Å². The Morgan fingerprint density at radius 1 is 0.793 bits per heavy atom. The molecular weight excluding hydrogens is 382 g/mol. The van der Waals surface area contributed by atoms with Crippen molar-refractivity contribution in [2.24, 2.45) is 0 Å². The van der Waals surface area contributed by atoms with E-state index in [1.165, 1.54) is 41.6 Å². The normalized spacial score (nSPS) is 9.97. The Labute approximate surface area is 168 Å². The average Bonchev–Trinajstić information content (AvgIpc) is 2.75. The number of methoxy groups -OCH3 is 5. The molecule has 0 aliphatic rings. The first-order valence-corrected chi connectivity index (χ1v) is 8.46. The SMILES string of the molecule is COc1cc(NC(=O)COC(=O)c2ccc(OC)c(OC)c2OC)cc(OC)c1. The summed E-state index contributed by atoms with van der Waals surface area (Å²) in [6, 6.07) is 7.89. The van der Waals surface area contributed by atoms with Gasteiger partial charge in [-0.25, -0.2) is 4.79 Å². The fourth-order valence-corrected chi connectivity index (χ4v) is 2.55. The zero-order valence-corrected chi connectivity index (χ0v) is 16.9. The zero-order valence-electron chi connectivity index (χ0n) is 16.9. The van der Waals surface area contributed by atoms with Gasteiger partial charge in [-0.1, -0.05) is 0 Å². The molecule has 0 saturated heterocycles. The summed E-state index contributed by atoms with van der Waals surface area (Å²) in [6.07, 6.45) is 0. The first-order valence-electron chi connectivity index (χ1n) is 8.46. The molecule has 156 valence electrons. The number of ether oxygens (including phenoxy) is 6. The lowest BCUT2D eigenvalue weighted by molar-refractivity contribution is -0.119. The minimum Gasteiger partial charge on any atom is -0.497 e. The molecule has 9 heteroatoms. The summed E-state index contributed by atoms with van der Waals surface area (Å²) in [6.45, 7) is -0.504. The molecule has 9 nitrogen and oxygen atoms in total. The predicted octanol–water partition coefficient (Wildman–Crippen LogP) is 2.53. The second kappa shape index (κ2) is 10.1. The number of carbonyl (C=O) groups excluding carboxylic acids is 2. The van der Waals surface area contributed by atoms with Crippen LogP contribution in [0.15, 0.2) is 30.3 Å². The van der Waals surface area contributed by atoms with E-state index in [1.54, 1.807) is 24.3 Å². The van der Waals surface area contributed by atoms with Crippen molar-refractivity contribution in [3.63, 3.8) is 0 Å². The number of rotatable bonds is 9. The summed E-state index contributed by atoms with van der Waals surface area (Å²) in [5, 5.41) is 2.62. The third kappa shape index (κ3) is 5.22. The smallest absolute Gasteiger partial charge is 0.342 e. The molecule has 0 atom stereocenters. The van der Waals surface area contributed by atoms with Crippen LogP contribution in [0.4, 0.5) is 5.69 Å². The van der Waals surface area contributed by atoms with E-state index in [9.17, 15) is 9.59 Å². The van der Waals surface area contributed by atoms with Crippen molar-refractivity contribution in [1.82, 2.24) is 0 Å². The van der Waals surface area contributed by atoms with Gasteiger partial charge in [0.1, 0.15) is 17.1 Å². The molecule has 2 aromatic carbocycles. The molecule has 0 saturated carbocycles. The Kier molecular flexibility index (Phi) is 7.53. The van der Waals surface area contributed by atoms with Crippen LogP contribution in [-0.2, 0) is 9.53 Å². The molecule has 0 unspecified atom stereocenters. The maximum absolute atomic E-state index is 12.4. The number of nitrogens with one attached hydrogen (secondary N) is 1. The Hall–Kier alpha value is -3.62. The number of benzene rings is 2. The molecule has 0 heterocycles. The van der Waals surface area contributed by atoms with E-state index in [-0.39, 0.29) is 17.1 Å². The number of carbonyl (C=O) groups is 2. The lowest BCUT2D eigenvalue weighted by Crippen LogP contribution is -2.21. The van der Waals surface area contributed by atoms with Crippen LogP contribution in [-0.4, -0.2) is 54.0 Å². The highest BCUT2D eigenvalue weighted by Gasteiger charge is 2.22. The summed E-state index contributed by atoms with van der Waals surface area (Å²) in [5.74, 6) is 0.519. The van der Waals surface area contributed by atoms with E-state index in [2.05, 4.69) is 5.32 Å². The third-order valence-electron chi connectivity index (χ3n) is 3.89. The van der Waals surface area contributed by atoms with Gasteiger partial charge in [-0.05, 0) is 12.1 Å². The van der Waals surface area contributed by atoms with Crippen LogP contribution in [0.3, 0.4) is 0 Å². The predicted molar refractivity (Wildman–Crippen MR) is 105 cm³/mol. The Morgan fingerprint density at radius 3 is 1.93 bits per heavy atom. The van der Waals surface area contributed by atoms with E-state index in [1.807, 2.05) is 0 Å². The Morgan fingerprint density at radius 2 is 1.41 bits per heavy atom. The highest BCUT2D eigenvalue weighted by molar-refractivity contribution is 5.97. The van der Waals surface area contributed by atoms with Crippen LogP contribution in [0, 0.1) is 0 Å². The van der Waals surface area contributed by atoms with Crippen LogP contribution in [0.2, 0.25) is 0 Å². The zero-order chi connectivity index (χ0) is 21.4. The number of anilines is 1. The fourth-order valence-electron chi connectivity index (χ4n) is 2.55. The molecule has 0 bridgehead atoms. The van der Waals surface area contributed by atoms with Crippen molar-refractivity contribution < 1.29 is 38.0 Å². The molecule has 0 aliphatic heterocycles. The van der Waals surface area contributed by atoms with Crippen LogP contribution in [0.5, 0.6) is 28.7 Å². The summed E-state index contributed by atoms with van der Waals surface area (Å²) in [7, 11) is 7.27. The number of hydrogen-bond acceptors (Lipinski definition) is 8. The summed E-state index contributed by atoms with van der Waals surface area (Å²) < 4.78 is 31.1. The standard InChI is InChI=1S/C20H23NO8/c1-24-13-8-12(9-14(10-13)25-2)21-17(22)11-29-20(23)15-6-7-16(26-3)19(28-5)18(15)27-4/h6-10H,11H2,1-5H3,(H,21,22). The van der Waals surface area contributed by atoms with Gasteiger partial charge in [0.25, 0.3) is 5.91 Å². The van der Waals surface area contributed by atoms with Crippen molar-refractivity contribution in [2.75, 3.05) is 47.5 Å². The van der Waals surface area contributed by atoms with Gasteiger partial charge in [0, 0.05) is 23.9 Å². The molecule has 1 amide bonds. The van der Waals surface area contributed by atoms with Crippen molar-refractivity contribution in [3.8, 4) is 28.7 Å². The lowest BCUT2D eigenvalue weighted by atomic mass is 10.1. The Bertz CT molecular complexity index is 859. The summed E-state index contributed by atoms with van der Waals surface area (Å²) in [5.41, 5.74) is 0.534. The lowest BCUT2D eigenvalue weighted by Gasteiger charge is -2.15. The minimum absolute atomic E-state index is 0.0981. The topological polar surface area (TPSA) is 102 Å². The molecule has 2 aromatic rings. The van der Waals surface area contributed by atoms with Gasteiger partial charge >= 0.3 is 5.97 Å². The molecule has 0 spiro atoms. The first-order chi connectivity index (χ1) is 14.0. The Balaban J connectivity index is 2.08. The maximum atomic E-state index is 12.4. The molecule has 29 heavy (non-hydrogen) atoms. The van der Waals surface area contributed by atoms with Crippen LogP contribution in [0.1, 0.15) is 10.4 Å². The van der Waals surface area contributed by atoms with E-state index in [4.69, 9.17) is 28.4 Å². The van der Waals surface area contributed by atoms with Crippen molar-refractivity contribution >= 4 is 17.6 Å².